The van der Waals surface area contributed by atoms with E-state index in [4.69, 9.17) is 14.2 Å². The summed E-state index contributed by atoms with van der Waals surface area (Å²) in [6.45, 7) is 3.46. The molecule has 1 unspecified atom stereocenters. The smallest absolute Gasteiger partial charge is 0.264 e. The van der Waals surface area contributed by atoms with Crippen molar-refractivity contribution in [3.8, 4) is 17.2 Å². The number of aryl methyl sites for hydroxylation is 1. The van der Waals surface area contributed by atoms with E-state index < -0.39 is 22.5 Å². The Balaban J connectivity index is 1.74. The van der Waals surface area contributed by atoms with Crippen LogP contribution in [0.3, 0.4) is 0 Å². The second-order valence-corrected chi connectivity index (χ2v) is 9.84. The average molecular weight is 499 g/mol. The molecule has 0 radical (unpaired) electrons. The van der Waals surface area contributed by atoms with Crippen LogP contribution in [0.2, 0.25) is 0 Å². The van der Waals surface area contributed by atoms with Crippen molar-refractivity contribution in [3.05, 3.63) is 78.4 Å². The van der Waals surface area contributed by atoms with Gasteiger partial charge in [0.2, 0.25) is 5.91 Å². The lowest BCUT2D eigenvalue weighted by Gasteiger charge is -2.25. The minimum atomic E-state index is -4.01. The summed E-state index contributed by atoms with van der Waals surface area (Å²) in [5.74, 6) is 1.36. The van der Waals surface area contributed by atoms with Gasteiger partial charge in [-0.15, -0.1) is 0 Å². The van der Waals surface area contributed by atoms with Crippen LogP contribution in [-0.4, -0.2) is 47.7 Å². The second-order valence-electron chi connectivity index (χ2n) is 7.98. The highest BCUT2D eigenvalue weighted by Crippen LogP contribution is 2.27. The summed E-state index contributed by atoms with van der Waals surface area (Å²) in [5.41, 5.74) is 1.25. The molecule has 1 N–H and O–H groups in total. The Bertz CT molecular complexity index is 1230. The lowest BCUT2D eigenvalue weighted by atomic mass is 10.2. The molecular weight excluding hydrogens is 468 g/mol. The quantitative estimate of drug-likeness (QED) is 0.432. The summed E-state index contributed by atoms with van der Waals surface area (Å²) in [5, 5.41) is 2.81. The number of nitrogens with zero attached hydrogens (tertiary/aromatic N) is 1. The summed E-state index contributed by atoms with van der Waals surface area (Å²) < 4.78 is 44.2. The molecule has 186 valence electrons. The minimum Gasteiger partial charge on any atom is -0.497 e. The molecule has 0 heterocycles. The van der Waals surface area contributed by atoms with Crippen LogP contribution in [0, 0.1) is 6.92 Å². The zero-order valence-corrected chi connectivity index (χ0v) is 21.0. The Labute approximate surface area is 206 Å². The van der Waals surface area contributed by atoms with E-state index in [2.05, 4.69) is 5.32 Å². The van der Waals surface area contributed by atoms with E-state index in [9.17, 15) is 13.2 Å². The van der Waals surface area contributed by atoms with E-state index in [1.807, 2.05) is 6.92 Å². The number of rotatable bonds is 11. The van der Waals surface area contributed by atoms with Crippen LogP contribution in [-0.2, 0) is 14.8 Å². The molecular formula is C26H30N2O6S. The number of carbonyl (C=O) groups excluding carboxylic acids is 1. The number of anilines is 1. The second kappa shape index (κ2) is 11.6. The molecule has 0 saturated carbocycles. The number of nitrogens with one attached hydrogen (secondary N) is 1. The first-order valence-electron chi connectivity index (χ1n) is 11.0. The maximum absolute atomic E-state index is 13.5. The van der Waals surface area contributed by atoms with Crippen LogP contribution >= 0.6 is 0 Å². The molecule has 0 aromatic heterocycles. The van der Waals surface area contributed by atoms with E-state index in [0.717, 1.165) is 9.87 Å². The predicted molar refractivity (Wildman–Crippen MR) is 135 cm³/mol. The van der Waals surface area contributed by atoms with Crippen molar-refractivity contribution in [1.29, 1.82) is 0 Å². The number of benzene rings is 3. The SMILES string of the molecule is COc1ccc(OCC(C)NC(=O)CN(c2cccc(OC)c2)S(=O)(=O)c2ccc(C)cc2)cc1. The number of hydrogen-bond donors (Lipinski definition) is 1. The molecule has 0 aliphatic heterocycles. The molecule has 0 aliphatic rings. The zero-order chi connectivity index (χ0) is 25.4. The summed E-state index contributed by atoms with van der Waals surface area (Å²) in [6, 6.07) is 19.8. The van der Waals surface area contributed by atoms with E-state index in [-0.39, 0.29) is 17.5 Å². The molecule has 0 saturated heterocycles. The van der Waals surface area contributed by atoms with Crippen LogP contribution in [0.15, 0.2) is 77.7 Å². The van der Waals surface area contributed by atoms with Gasteiger partial charge in [0, 0.05) is 6.07 Å². The first-order valence-corrected chi connectivity index (χ1v) is 12.5. The van der Waals surface area contributed by atoms with Gasteiger partial charge in [0.25, 0.3) is 10.0 Å². The summed E-state index contributed by atoms with van der Waals surface area (Å²) in [6.07, 6.45) is 0. The number of methoxy groups -OCH3 is 2. The van der Waals surface area contributed by atoms with Gasteiger partial charge in [-0.2, -0.15) is 0 Å². The highest BCUT2D eigenvalue weighted by Gasteiger charge is 2.28. The van der Waals surface area contributed by atoms with E-state index in [0.29, 0.717) is 22.9 Å². The van der Waals surface area contributed by atoms with Crippen molar-refractivity contribution >= 4 is 21.6 Å². The normalized spacial score (nSPS) is 11.9. The Kier molecular flexibility index (Phi) is 8.59. The van der Waals surface area contributed by atoms with Crippen molar-refractivity contribution in [2.45, 2.75) is 24.8 Å². The van der Waals surface area contributed by atoms with Gasteiger partial charge in [-0.1, -0.05) is 23.8 Å². The largest absolute Gasteiger partial charge is 0.497 e. The molecule has 35 heavy (non-hydrogen) atoms. The molecule has 8 nitrogen and oxygen atoms in total. The van der Waals surface area contributed by atoms with Gasteiger partial charge >= 0.3 is 0 Å². The fourth-order valence-electron chi connectivity index (χ4n) is 3.30. The molecule has 9 heteroatoms. The molecule has 0 aliphatic carbocycles. The molecule has 3 aromatic rings. The van der Waals surface area contributed by atoms with Crippen molar-refractivity contribution in [2.24, 2.45) is 0 Å². The van der Waals surface area contributed by atoms with Gasteiger partial charge in [0.15, 0.2) is 0 Å². The van der Waals surface area contributed by atoms with E-state index >= 15 is 0 Å². The monoisotopic (exact) mass is 498 g/mol. The Morgan fingerprint density at radius 1 is 0.914 bits per heavy atom. The number of amides is 1. The molecule has 0 spiro atoms. The van der Waals surface area contributed by atoms with Gasteiger partial charge in [0.05, 0.1) is 30.8 Å². The van der Waals surface area contributed by atoms with Crippen molar-refractivity contribution in [1.82, 2.24) is 5.32 Å². The van der Waals surface area contributed by atoms with Crippen LogP contribution < -0.4 is 23.8 Å². The summed E-state index contributed by atoms with van der Waals surface area (Å²) >= 11 is 0. The molecule has 3 rings (SSSR count). The lowest BCUT2D eigenvalue weighted by Crippen LogP contribution is -2.45. The fourth-order valence-corrected chi connectivity index (χ4v) is 4.72. The molecule has 0 bridgehead atoms. The van der Waals surface area contributed by atoms with Gasteiger partial charge < -0.3 is 19.5 Å². The predicted octanol–water partition coefficient (Wildman–Crippen LogP) is 3.79. The Morgan fingerprint density at radius 2 is 1.54 bits per heavy atom. The van der Waals surface area contributed by atoms with Gasteiger partial charge in [-0.3, -0.25) is 9.10 Å². The number of ether oxygens (including phenoxy) is 3. The van der Waals surface area contributed by atoms with Crippen LogP contribution in [0.25, 0.3) is 0 Å². The van der Waals surface area contributed by atoms with Crippen LogP contribution in [0.4, 0.5) is 5.69 Å². The third-order valence-electron chi connectivity index (χ3n) is 5.20. The first kappa shape index (κ1) is 25.9. The van der Waals surface area contributed by atoms with E-state index in [1.54, 1.807) is 74.7 Å². The summed E-state index contributed by atoms with van der Waals surface area (Å²) in [4.78, 5) is 13.0. The maximum atomic E-state index is 13.5. The number of hydrogen-bond acceptors (Lipinski definition) is 6. The van der Waals surface area contributed by atoms with Crippen molar-refractivity contribution in [2.75, 3.05) is 31.7 Å². The molecule has 3 aromatic carbocycles. The zero-order valence-electron chi connectivity index (χ0n) is 20.2. The number of sulfonamides is 1. The summed E-state index contributed by atoms with van der Waals surface area (Å²) in [7, 11) is -0.935. The number of carbonyl (C=O) groups is 1. The molecule has 1 atom stereocenters. The lowest BCUT2D eigenvalue weighted by molar-refractivity contribution is -0.120. The first-order chi connectivity index (χ1) is 16.7. The third-order valence-corrected chi connectivity index (χ3v) is 6.99. The maximum Gasteiger partial charge on any atom is 0.264 e. The van der Waals surface area contributed by atoms with Crippen molar-refractivity contribution in [3.63, 3.8) is 0 Å². The Hall–Kier alpha value is -3.72. The molecule has 1 amide bonds. The van der Waals surface area contributed by atoms with Crippen LogP contribution in [0.5, 0.6) is 17.2 Å². The highest BCUT2D eigenvalue weighted by molar-refractivity contribution is 7.92. The average Bonchev–Trinajstić information content (AvgIpc) is 2.86. The highest BCUT2D eigenvalue weighted by atomic mass is 32.2. The topological polar surface area (TPSA) is 94.2 Å². The van der Waals surface area contributed by atoms with Gasteiger partial charge in [-0.25, -0.2) is 8.42 Å². The van der Waals surface area contributed by atoms with Gasteiger partial charge in [-0.05, 0) is 62.4 Å². The molecule has 0 fully saturated rings. The Morgan fingerprint density at radius 3 is 2.17 bits per heavy atom. The fraction of sp³-hybridized carbons (Fsp3) is 0.269. The van der Waals surface area contributed by atoms with Crippen LogP contribution in [0.1, 0.15) is 12.5 Å². The van der Waals surface area contributed by atoms with Gasteiger partial charge in [0.1, 0.15) is 30.4 Å². The van der Waals surface area contributed by atoms with Crippen molar-refractivity contribution < 1.29 is 27.4 Å². The minimum absolute atomic E-state index is 0.0922. The van der Waals surface area contributed by atoms with E-state index in [1.165, 1.54) is 19.2 Å². The standard InChI is InChI=1S/C26H30N2O6S/c1-19-8-14-25(15-9-19)35(30,31)28(21-6-5-7-24(16-21)33-4)17-26(29)27-20(2)18-34-23-12-10-22(32-3)11-13-23/h5-16,20H,17-18H2,1-4H3,(H,27,29). The third kappa shape index (κ3) is 6.89.